The molecule has 1 heterocycles. The standard InChI is InChI=1S/C18H17BrN4O3/c1-12-17(19)15(10-25-2)14(8-20)18(22-12)26-11-16(24)23-21-9-13-6-4-3-5-7-13/h3-7,9H,10-11H2,1-2H3,(H,23,24). The van der Waals surface area contributed by atoms with Crippen LogP contribution in [0.15, 0.2) is 39.9 Å². The van der Waals surface area contributed by atoms with Gasteiger partial charge in [0.2, 0.25) is 5.88 Å². The molecule has 2 rings (SSSR count). The molecule has 0 spiro atoms. The average molecular weight is 417 g/mol. The number of nitrogens with zero attached hydrogens (tertiary/aromatic N) is 3. The molecule has 134 valence electrons. The molecule has 0 aliphatic rings. The lowest BCUT2D eigenvalue weighted by Gasteiger charge is -2.13. The van der Waals surface area contributed by atoms with Crippen molar-refractivity contribution in [1.29, 1.82) is 5.26 Å². The highest BCUT2D eigenvalue weighted by atomic mass is 79.9. The number of hydrogen-bond donors (Lipinski definition) is 1. The fourth-order valence-electron chi connectivity index (χ4n) is 2.10. The lowest BCUT2D eigenvalue weighted by atomic mass is 10.1. The number of benzene rings is 1. The third kappa shape index (κ3) is 5.12. The van der Waals surface area contributed by atoms with Crippen molar-refractivity contribution in [2.24, 2.45) is 5.10 Å². The molecule has 0 aliphatic carbocycles. The van der Waals surface area contributed by atoms with Crippen LogP contribution >= 0.6 is 15.9 Å². The van der Waals surface area contributed by atoms with Crippen molar-refractivity contribution in [3.05, 3.63) is 57.2 Å². The Morgan fingerprint density at radius 2 is 2.15 bits per heavy atom. The summed E-state index contributed by atoms with van der Waals surface area (Å²) < 4.78 is 11.2. The van der Waals surface area contributed by atoms with Crippen molar-refractivity contribution >= 4 is 28.1 Å². The quantitative estimate of drug-likeness (QED) is 0.552. The van der Waals surface area contributed by atoms with Crippen molar-refractivity contribution in [2.75, 3.05) is 13.7 Å². The predicted molar refractivity (Wildman–Crippen MR) is 99.8 cm³/mol. The van der Waals surface area contributed by atoms with Gasteiger partial charge in [0.1, 0.15) is 11.6 Å². The molecule has 26 heavy (non-hydrogen) atoms. The molecule has 8 heteroatoms. The third-order valence-electron chi connectivity index (χ3n) is 3.31. The van der Waals surface area contributed by atoms with Crippen LogP contribution in [-0.2, 0) is 16.1 Å². The molecular formula is C18H17BrN4O3. The molecule has 0 unspecified atom stereocenters. The molecule has 0 aliphatic heterocycles. The van der Waals surface area contributed by atoms with Crippen LogP contribution in [0.4, 0.5) is 0 Å². The topological polar surface area (TPSA) is 96.6 Å². The average Bonchev–Trinajstić information content (AvgIpc) is 2.65. The number of nitriles is 1. The lowest BCUT2D eigenvalue weighted by molar-refractivity contribution is -0.123. The van der Waals surface area contributed by atoms with E-state index in [2.05, 4.69) is 31.4 Å². The lowest BCUT2D eigenvalue weighted by Crippen LogP contribution is -2.25. The molecule has 2 aromatic rings. The van der Waals surface area contributed by atoms with Crippen LogP contribution in [-0.4, -0.2) is 30.8 Å². The molecule has 1 N–H and O–H groups in total. The van der Waals surface area contributed by atoms with E-state index in [0.29, 0.717) is 15.7 Å². The van der Waals surface area contributed by atoms with E-state index in [-0.39, 0.29) is 24.7 Å². The fraction of sp³-hybridized carbons (Fsp3) is 0.222. The summed E-state index contributed by atoms with van der Waals surface area (Å²) in [6.07, 6.45) is 1.53. The largest absolute Gasteiger partial charge is 0.467 e. The van der Waals surface area contributed by atoms with Gasteiger partial charge in [-0.15, -0.1) is 0 Å². The van der Waals surface area contributed by atoms with Gasteiger partial charge in [0.05, 0.1) is 18.5 Å². The Morgan fingerprint density at radius 3 is 2.81 bits per heavy atom. The monoisotopic (exact) mass is 416 g/mol. The van der Waals surface area contributed by atoms with E-state index in [1.807, 2.05) is 36.4 Å². The number of halogens is 1. The summed E-state index contributed by atoms with van der Waals surface area (Å²) in [5.74, 6) is -0.376. The summed E-state index contributed by atoms with van der Waals surface area (Å²) >= 11 is 3.40. The van der Waals surface area contributed by atoms with Gasteiger partial charge < -0.3 is 9.47 Å². The van der Waals surface area contributed by atoms with E-state index in [9.17, 15) is 10.1 Å². The van der Waals surface area contributed by atoms with Crippen LogP contribution in [0.1, 0.15) is 22.4 Å². The van der Waals surface area contributed by atoms with Crippen molar-refractivity contribution in [3.8, 4) is 11.9 Å². The molecule has 0 radical (unpaired) electrons. The van der Waals surface area contributed by atoms with E-state index < -0.39 is 5.91 Å². The molecule has 7 nitrogen and oxygen atoms in total. The first-order chi connectivity index (χ1) is 12.6. The summed E-state index contributed by atoms with van der Waals surface area (Å²) in [4.78, 5) is 16.1. The van der Waals surface area contributed by atoms with Gasteiger partial charge in [-0.05, 0) is 28.4 Å². The maximum Gasteiger partial charge on any atom is 0.278 e. The van der Waals surface area contributed by atoms with Gasteiger partial charge in [0, 0.05) is 17.1 Å². The second-order valence-corrected chi connectivity index (χ2v) is 6.00. The SMILES string of the molecule is COCc1c(Br)c(C)nc(OCC(=O)NN=Cc2ccccc2)c1C#N. The minimum atomic E-state index is -0.461. The van der Waals surface area contributed by atoms with Gasteiger partial charge in [-0.3, -0.25) is 4.79 Å². The number of rotatable bonds is 7. The Kier molecular flexibility index (Phi) is 7.26. The predicted octanol–water partition coefficient (Wildman–Crippen LogP) is 2.70. The zero-order valence-electron chi connectivity index (χ0n) is 14.3. The minimum Gasteiger partial charge on any atom is -0.467 e. The normalized spacial score (nSPS) is 10.5. The fourth-order valence-corrected chi connectivity index (χ4v) is 2.50. The molecule has 1 aromatic heterocycles. The smallest absolute Gasteiger partial charge is 0.278 e. The van der Waals surface area contributed by atoms with Gasteiger partial charge in [-0.25, -0.2) is 10.4 Å². The third-order valence-corrected chi connectivity index (χ3v) is 4.36. The van der Waals surface area contributed by atoms with Crippen molar-refractivity contribution in [2.45, 2.75) is 13.5 Å². The van der Waals surface area contributed by atoms with Crippen LogP contribution in [0.2, 0.25) is 0 Å². The Hall–Kier alpha value is -2.76. The van der Waals surface area contributed by atoms with Crippen molar-refractivity contribution in [3.63, 3.8) is 0 Å². The number of aromatic nitrogens is 1. The van der Waals surface area contributed by atoms with E-state index >= 15 is 0 Å². The van der Waals surface area contributed by atoms with Crippen LogP contribution in [0.3, 0.4) is 0 Å². The number of carbonyl (C=O) groups is 1. The molecular weight excluding hydrogens is 400 g/mol. The summed E-state index contributed by atoms with van der Waals surface area (Å²) in [6.45, 7) is 1.67. The summed E-state index contributed by atoms with van der Waals surface area (Å²) in [7, 11) is 1.53. The Bertz CT molecular complexity index is 848. The molecule has 0 bridgehead atoms. The zero-order valence-corrected chi connectivity index (χ0v) is 15.9. The Balaban J connectivity index is 2.03. The van der Waals surface area contributed by atoms with E-state index in [0.717, 1.165) is 5.56 Å². The van der Waals surface area contributed by atoms with Crippen LogP contribution in [0, 0.1) is 18.3 Å². The summed E-state index contributed by atoms with van der Waals surface area (Å²) in [5, 5.41) is 13.3. The van der Waals surface area contributed by atoms with Crippen molar-refractivity contribution in [1.82, 2.24) is 10.4 Å². The van der Waals surface area contributed by atoms with E-state index in [4.69, 9.17) is 9.47 Å². The number of methoxy groups -OCH3 is 1. The van der Waals surface area contributed by atoms with Gasteiger partial charge in [-0.2, -0.15) is 10.4 Å². The Morgan fingerprint density at radius 1 is 1.42 bits per heavy atom. The number of hydrazone groups is 1. The number of carbonyl (C=O) groups excluding carboxylic acids is 1. The number of aryl methyl sites for hydroxylation is 1. The number of pyridine rings is 1. The number of hydrogen-bond acceptors (Lipinski definition) is 6. The summed E-state index contributed by atoms with van der Waals surface area (Å²) in [5.41, 5.74) is 4.71. The van der Waals surface area contributed by atoms with Crippen molar-refractivity contribution < 1.29 is 14.3 Å². The maximum atomic E-state index is 11.9. The molecule has 0 fully saturated rings. The summed E-state index contributed by atoms with van der Waals surface area (Å²) in [6, 6.07) is 11.4. The molecule has 0 saturated carbocycles. The number of nitrogens with one attached hydrogen (secondary N) is 1. The van der Waals surface area contributed by atoms with Crippen LogP contribution < -0.4 is 10.2 Å². The first-order valence-corrected chi connectivity index (χ1v) is 8.43. The minimum absolute atomic E-state index is 0.0856. The number of amides is 1. The molecule has 1 aromatic carbocycles. The van der Waals surface area contributed by atoms with Gasteiger partial charge in [-0.1, -0.05) is 30.3 Å². The second kappa shape index (κ2) is 9.65. The second-order valence-electron chi connectivity index (χ2n) is 5.21. The first kappa shape index (κ1) is 19.6. The van der Waals surface area contributed by atoms with Crippen LogP contribution in [0.25, 0.3) is 0 Å². The molecule has 0 atom stereocenters. The first-order valence-electron chi connectivity index (χ1n) is 7.64. The highest BCUT2D eigenvalue weighted by Gasteiger charge is 2.18. The highest BCUT2D eigenvalue weighted by Crippen LogP contribution is 2.29. The van der Waals surface area contributed by atoms with E-state index in [1.165, 1.54) is 13.3 Å². The Labute approximate surface area is 159 Å². The zero-order chi connectivity index (χ0) is 18.9. The van der Waals surface area contributed by atoms with Gasteiger partial charge >= 0.3 is 0 Å². The number of ether oxygens (including phenoxy) is 2. The van der Waals surface area contributed by atoms with Gasteiger partial charge in [0.15, 0.2) is 6.61 Å². The van der Waals surface area contributed by atoms with E-state index in [1.54, 1.807) is 6.92 Å². The van der Waals surface area contributed by atoms with Crippen LogP contribution in [0.5, 0.6) is 5.88 Å². The molecule has 1 amide bonds. The maximum absolute atomic E-state index is 11.9. The van der Waals surface area contributed by atoms with Gasteiger partial charge in [0.25, 0.3) is 5.91 Å². The highest BCUT2D eigenvalue weighted by molar-refractivity contribution is 9.10. The molecule has 0 saturated heterocycles.